The van der Waals surface area contributed by atoms with Gasteiger partial charge in [0.25, 0.3) is 0 Å². The van der Waals surface area contributed by atoms with Crippen molar-refractivity contribution in [2.75, 3.05) is 47.5 Å². The van der Waals surface area contributed by atoms with Crippen LogP contribution in [0.3, 0.4) is 0 Å². The number of likely N-dealkylation sites (N-methyl/N-ethyl adjacent to an activating group) is 1. The normalized spacial score (nSPS) is 13.5. The van der Waals surface area contributed by atoms with Gasteiger partial charge in [-0.25, -0.2) is 0 Å². The summed E-state index contributed by atoms with van der Waals surface area (Å²) in [7, 11) is 5.91. The lowest BCUT2D eigenvalue weighted by Gasteiger charge is -2.26. The lowest BCUT2D eigenvalue weighted by Crippen LogP contribution is -2.44. The van der Waals surface area contributed by atoms with Gasteiger partial charge in [-0.1, -0.05) is 214 Å². The SMILES string of the molecule is CC/C=C\C/C=C\C/C=C\C/C=C\C/C=C\C/C=C\C/C=C\CCCCCCCCCCCCCCCC(=O)OC(COC(=O)CCCCCCCCCC)COC(OCC[N+](C)(C)C)C(=O)[O-]. The summed E-state index contributed by atoms with van der Waals surface area (Å²) in [6.45, 7) is 4.58. The number of aliphatic carboxylic acids is 1. The first-order valence-electron chi connectivity index (χ1n) is 27.2. The van der Waals surface area contributed by atoms with Crippen molar-refractivity contribution in [3.63, 3.8) is 0 Å². The van der Waals surface area contributed by atoms with Crippen LogP contribution >= 0.6 is 0 Å². The third kappa shape index (κ3) is 50.3. The van der Waals surface area contributed by atoms with Crippen molar-refractivity contribution in [1.29, 1.82) is 0 Å². The van der Waals surface area contributed by atoms with Crippen molar-refractivity contribution in [1.82, 2.24) is 0 Å². The molecule has 0 bridgehead atoms. The van der Waals surface area contributed by atoms with E-state index in [1.165, 1.54) is 96.3 Å². The van der Waals surface area contributed by atoms with Gasteiger partial charge in [0.2, 0.25) is 0 Å². The number of ether oxygens (including phenoxy) is 4. The summed E-state index contributed by atoms with van der Waals surface area (Å²) < 4.78 is 22.5. The maximum atomic E-state index is 12.8. The molecule has 0 radical (unpaired) electrons. The number of quaternary nitrogens is 1. The van der Waals surface area contributed by atoms with Crippen molar-refractivity contribution in [2.45, 2.75) is 225 Å². The third-order valence-electron chi connectivity index (χ3n) is 11.4. The zero-order valence-corrected chi connectivity index (χ0v) is 44.2. The standard InChI is InChI=1S/C59H101NO8/c1-6-8-10-12-14-16-17-18-19-20-21-22-23-24-25-26-27-28-29-30-31-32-33-34-35-36-37-38-39-40-41-42-44-46-48-50-57(62)68-55(54-67-59(58(63)64)65-52-51-60(3,4)5)53-66-56(61)49-47-45-43-15-13-11-9-7-2/h8,10,14,16,18-19,21-22,24-25,27-28,30-31,55,59H,6-7,9,11-13,15,17,20,23,26,29,32-54H2,1-5H3/b10-8-,16-14-,19-18-,22-21-,25-24-,28-27-,31-30-. The molecule has 0 aromatic rings. The highest BCUT2D eigenvalue weighted by molar-refractivity contribution is 5.70. The summed E-state index contributed by atoms with van der Waals surface area (Å²) in [6, 6.07) is 0. The minimum absolute atomic E-state index is 0.146. The van der Waals surface area contributed by atoms with Gasteiger partial charge in [0.05, 0.1) is 40.3 Å². The van der Waals surface area contributed by atoms with Gasteiger partial charge in [0.1, 0.15) is 13.2 Å². The number of carbonyl (C=O) groups excluding carboxylic acids is 3. The molecule has 9 heteroatoms. The number of unbranched alkanes of at least 4 members (excludes halogenated alkanes) is 20. The number of carboxylic acids is 1. The number of nitrogens with zero attached hydrogens (tertiary/aromatic N) is 1. The molecule has 0 fully saturated rings. The second-order valence-electron chi connectivity index (χ2n) is 19.1. The highest BCUT2D eigenvalue weighted by Crippen LogP contribution is 2.15. The Labute approximate surface area is 417 Å². The Balaban J connectivity index is 4.06. The molecular weight excluding hydrogens is 851 g/mol. The van der Waals surface area contributed by atoms with Crippen molar-refractivity contribution in [3.05, 3.63) is 85.1 Å². The Hall–Kier alpha value is -3.53. The van der Waals surface area contributed by atoms with Crippen LogP contribution in [0.25, 0.3) is 0 Å². The molecule has 2 atom stereocenters. The topological polar surface area (TPSA) is 111 Å². The van der Waals surface area contributed by atoms with Gasteiger partial charge in [0.15, 0.2) is 12.4 Å². The van der Waals surface area contributed by atoms with Crippen LogP contribution in [0.2, 0.25) is 0 Å². The number of hydrogen-bond acceptors (Lipinski definition) is 8. The molecule has 0 aliphatic heterocycles. The van der Waals surface area contributed by atoms with E-state index in [0.29, 0.717) is 23.9 Å². The van der Waals surface area contributed by atoms with Gasteiger partial charge in [-0.2, -0.15) is 0 Å². The van der Waals surface area contributed by atoms with Gasteiger partial charge >= 0.3 is 11.9 Å². The van der Waals surface area contributed by atoms with Gasteiger partial charge in [0, 0.05) is 12.8 Å². The summed E-state index contributed by atoms with van der Waals surface area (Å²) in [4.78, 5) is 37.0. The Morgan fingerprint density at radius 3 is 1.25 bits per heavy atom. The Bertz CT molecular complexity index is 1390. The molecule has 68 heavy (non-hydrogen) atoms. The molecule has 0 saturated carbocycles. The van der Waals surface area contributed by atoms with Crippen LogP contribution in [0.4, 0.5) is 0 Å². The number of rotatable bonds is 49. The maximum absolute atomic E-state index is 12.8. The van der Waals surface area contributed by atoms with Crippen molar-refractivity contribution < 1.29 is 42.9 Å². The van der Waals surface area contributed by atoms with E-state index < -0.39 is 24.3 Å². The molecule has 0 amide bonds. The predicted molar refractivity (Wildman–Crippen MR) is 283 cm³/mol. The summed E-state index contributed by atoms with van der Waals surface area (Å²) >= 11 is 0. The molecule has 0 N–H and O–H groups in total. The van der Waals surface area contributed by atoms with Gasteiger partial charge < -0.3 is 33.3 Å². The Morgan fingerprint density at radius 1 is 0.456 bits per heavy atom. The summed E-state index contributed by atoms with van der Waals surface area (Å²) in [6.07, 6.45) is 62.3. The van der Waals surface area contributed by atoms with E-state index in [1.54, 1.807) is 0 Å². The molecule has 0 rings (SSSR count). The van der Waals surface area contributed by atoms with Crippen LogP contribution in [-0.4, -0.2) is 82.3 Å². The van der Waals surface area contributed by atoms with Crippen LogP contribution < -0.4 is 5.11 Å². The molecule has 0 aromatic heterocycles. The fourth-order valence-electron chi connectivity index (χ4n) is 7.22. The first-order valence-corrected chi connectivity index (χ1v) is 27.2. The second-order valence-corrected chi connectivity index (χ2v) is 19.1. The average Bonchev–Trinajstić information content (AvgIpc) is 3.30. The summed E-state index contributed by atoms with van der Waals surface area (Å²) in [5.74, 6) is -2.29. The lowest BCUT2D eigenvalue weighted by molar-refractivity contribution is -0.870. The summed E-state index contributed by atoms with van der Waals surface area (Å²) in [5, 5.41) is 11.7. The van der Waals surface area contributed by atoms with E-state index in [1.807, 2.05) is 21.1 Å². The number of carboxylic acid groups (broad SMARTS) is 1. The summed E-state index contributed by atoms with van der Waals surface area (Å²) in [5.41, 5.74) is 0. The molecule has 2 unspecified atom stereocenters. The van der Waals surface area contributed by atoms with E-state index in [9.17, 15) is 19.5 Å². The lowest BCUT2D eigenvalue weighted by atomic mass is 10.0. The van der Waals surface area contributed by atoms with Gasteiger partial charge in [-0.3, -0.25) is 9.59 Å². The molecule has 0 heterocycles. The Morgan fingerprint density at radius 2 is 0.838 bits per heavy atom. The first-order chi connectivity index (χ1) is 33.1. The molecule has 0 saturated heterocycles. The van der Waals surface area contributed by atoms with Crippen LogP contribution in [0.1, 0.15) is 213 Å². The van der Waals surface area contributed by atoms with Gasteiger partial charge in [-0.15, -0.1) is 0 Å². The van der Waals surface area contributed by atoms with E-state index >= 15 is 0 Å². The van der Waals surface area contributed by atoms with E-state index in [4.69, 9.17) is 18.9 Å². The molecule has 0 spiro atoms. The number of allylic oxidation sites excluding steroid dienone is 14. The van der Waals surface area contributed by atoms with Crippen LogP contribution in [0.5, 0.6) is 0 Å². The number of esters is 2. The quantitative estimate of drug-likeness (QED) is 0.0195. The molecule has 390 valence electrons. The minimum Gasteiger partial charge on any atom is -0.545 e. The average molecular weight is 952 g/mol. The molecule has 0 aliphatic carbocycles. The van der Waals surface area contributed by atoms with Crippen molar-refractivity contribution in [3.8, 4) is 0 Å². The van der Waals surface area contributed by atoms with Crippen molar-refractivity contribution in [2.24, 2.45) is 0 Å². The predicted octanol–water partition coefficient (Wildman–Crippen LogP) is 14.3. The fraction of sp³-hybridized carbons (Fsp3) is 0.712. The van der Waals surface area contributed by atoms with E-state index in [0.717, 1.165) is 83.5 Å². The highest BCUT2D eigenvalue weighted by atomic mass is 16.7. The molecular formula is C59H101NO8. The zero-order valence-electron chi connectivity index (χ0n) is 44.2. The van der Waals surface area contributed by atoms with Crippen LogP contribution in [0, 0.1) is 0 Å². The van der Waals surface area contributed by atoms with E-state index in [2.05, 4.69) is 98.9 Å². The van der Waals surface area contributed by atoms with Crippen LogP contribution in [-0.2, 0) is 33.3 Å². The number of hydrogen-bond donors (Lipinski definition) is 0. The maximum Gasteiger partial charge on any atom is 0.306 e. The highest BCUT2D eigenvalue weighted by Gasteiger charge is 2.22. The van der Waals surface area contributed by atoms with Crippen molar-refractivity contribution >= 4 is 17.9 Å². The smallest absolute Gasteiger partial charge is 0.306 e. The van der Waals surface area contributed by atoms with E-state index in [-0.39, 0.29) is 32.2 Å². The van der Waals surface area contributed by atoms with Crippen LogP contribution in [0.15, 0.2) is 85.1 Å². The monoisotopic (exact) mass is 952 g/mol. The largest absolute Gasteiger partial charge is 0.545 e. The molecule has 9 nitrogen and oxygen atoms in total. The molecule has 0 aliphatic rings. The minimum atomic E-state index is -1.62. The zero-order chi connectivity index (χ0) is 49.9. The number of carbonyl (C=O) groups is 3. The molecule has 0 aromatic carbocycles. The Kier molecular flexibility index (Phi) is 47.3. The fourth-order valence-corrected chi connectivity index (χ4v) is 7.22. The first kappa shape index (κ1) is 64.5. The second kappa shape index (κ2) is 49.9. The van der Waals surface area contributed by atoms with Gasteiger partial charge in [-0.05, 0) is 70.6 Å². The third-order valence-corrected chi connectivity index (χ3v) is 11.4.